The normalized spacial score (nSPS) is 10.9. The van der Waals surface area contributed by atoms with E-state index in [-0.39, 0.29) is 17.2 Å². The average Bonchev–Trinajstić information content (AvgIpc) is 2.79. The molecule has 1 N–H and O–H groups in total. The number of halogens is 1. The van der Waals surface area contributed by atoms with E-state index >= 15 is 0 Å². The SMILES string of the molecule is O=C(CSc1nc2ccccc2c(=O)n1Cc1cccc(Cl)c1)NCc1ccccc1. The third-order valence-electron chi connectivity index (χ3n) is 4.72. The predicted octanol–water partition coefficient (Wildman–Crippen LogP) is 4.51. The van der Waals surface area contributed by atoms with Crippen LogP contribution >= 0.6 is 23.4 Å². The number of aromatic nitrogens is 2. The molecule has 0 aliphatic carbocycles. The Morgan fingerprint density at radius 2 is 1.71 bits per heavy atom. The van der Waals surface area contributed by atoms with Crippen molar-refractivity contribution in [2.75, 3.05) is 5.75 Å². The maximum Gasteiger partial charge on any atom is 0.262 e. The van der Waals surface area contributed by atoms with E-state index in [1.54, 1.807) is 22.8 Å². The van der Waals surface area contributed by atoms with E-state index in [4.69, 9.17) is 11.6 Å². The molecule has 1 amide bonds. The third kappa shape index (κ3) is 5.34. The highest BCUT2D eigenvalue weighted by atomic mass is 35.5. The number of rotatable bonds is 7. The Labute approximate surface area is 189 Å². The topological polar surface area (TPSA) is 64.0 Å². The van der Waals surface area contributed by atoms with Gasteiger partial charge in [-0.3, -0.25) is 14.2 Å². The minimum atomic E-state index is -0.141. The number of benzene rings is 3. The van der Waals surface area contributed by atoms with Crippen molar-refractivity contribution in [1.82, 2.24) is 14.9 Å². The number of fused-ring (bicyclic) bond motifs is 1. The minimum absolute atomic E-state index is 0.120. The molecule has 0 saturated heterocycles. The van der Waals surface area contributed by atoms with Crippen LogP contribution in [0.1, 0.15) is 11.1 Å². The summed E-state index contributed by atoms with van der Waals surface area (Å²) in [5.41, 5.74) is 2.39. The minimum Gasteiger partial charge on any atom is -0.351 e. The second kappa shape index (κ2) is 9.81. The van der Waals surface area contributed by atoms with Crippen molar-refractivity contribution in [3.63, 3.8) is 0 Å². The first-order chi connectivity index (χ1) is 15.1. The molecule has 0 atom stereocenters. The lowest BCUT2D eigenvalue weighted by Crippen LogP contribution is -2.27. The molecule has 3 aromatic carbocycles. The van der Waals surface area contributed by atoms with Crippen LogP contribution in [0.15, 0.2) is 88.8 Å². The van der Waals surface area contributed by atoms with Gasteiger partial charge in [0.15, 0.2) is 5.16 Å². The van der Waals surface area contributed by atoms with Crippen molar-refractivity contribution in [1.29, 1.82) is 0 Å². The van der Waals surface area contributed by atoms with Crippen LogP contribution in [-0.2, 0) is 17.9 Å². The standard InChI is InChI=1S/C24H20ClN3O2S/c25-19-10-6-9-18(13-19)15-28-23(30)20-11-4-5-12-21(20)27-24(28)31-16-22(29)26-14-17-7-2-1-3-8-17/h1-13H,14-16H2,(H,26,29). The van der Waals surface area contributed by atoms with Gasteiger partial charge in [0.05, 0.1) is 23.2 Å². The Morgan fingerprint density at radius 1 is 0.968 bits per heavy atom. The molecule has 0 unspecified atom stereocenters. The number of hydrogen-bond donors (Lipinski definition) is 1. The summed E-state index contributed by atoms with van der Waals surface area (Å²) in [6.07, 6.45) is 0. The van der Waals surface area contributed by atoms with Gasteiger partial charge in [0, 0.05) is 11.6 Å². The summed E-state index contributed by atoms with van der Waals surface area (Å²) in [7, 11) is 0. The lowest BCUT2D eigenvalue weighted by molar-refractivity contribution is -0.118. The van der Waals surface area contributed by atoms with E-state index in [2.05, 4.69) is 10.3 Å². The fourth-order valence-electron chi connectivity index (χ4n) is 3.19. The molecule has 31 heavy (non-hydrogen) atoms. The summed E-state index contributed by atoms with van der Waals surface area (Å²) in [6.45, 7) is 0.784. The molecule has 5 nitrogen and oxygen atoms in total. The lowest BCUT2D eigenvalue weighted by atomic mass is 10.2. The highest BCUT2D eigenvalue weighted by molar-refractivity contribution is 7.99. The summed E-state index contributed by atoms with van der Waals surface area (Å²) in [4.78, 5) is 30.2. The first-order valence-corrected chi connectivity index (χ1v) is 11.1. The van der Waals surface area contributed by atoms with Crippen molar-refractivity contribution in [2.45, 2.75) is 18.2 Å². The first kappa shape index (κ1) is 21.2. The molecule has 1 aromatic heterocycles. The zero-order valence-corrected chi connectivity index (χ0v) is 18.2. The second-order valence-electron chi connectivity index (χ2n) is 6.98. The molecule has 0 radical (unpaired) electrons. The summed E-state index contributed by atoms with van der Waals surface area (Å²) in [5, 5.41) is 4.55. The molecule has 0 bridgehead atoms. The number of nitrogens with zero attached hydrogens (tertiary/aromatic N) is 2. The molecule has 0 aliphatic rings. The molecule has 0 saturated carbocycles. The highest BCUT2D eigenvalue weighted by Crippen LogP contribution is 2.20. The van der Waals surface area contributed by atoms with Gasteiger partial charge in [-0.05, 0) is 35.4 Å². The maximum atomic E-state index is 13.2. The number of hydrogen-bond acceptors (Lipinski definition) is 4. The molecule has 0 fully saturated rings. The molecule has 156 valence electrons. The fourth-order valence-corrected chi connectivity index (χ4v) is 4.23. The Hall–Kier alpha value is -3.09. The van der Waals surface area contributed by atoms with Crippen LogP contribution in [0.5, 0.6) is 0 Å². The van der Waals surface area contributed by atoms with Gasteiger partial charge in [-0.1, -0.05) is 78.0 Å². The van der Waals surface area contributed by atoms with Crippen molar-refractivity contribution in [2.24, 2.45) is 0 Å². The number of nitrogens with one attached hydrogen (secondary N) is 1. The van der Waals surface area contributed by atoms with Crippen LogP contribution in [0.3, 0.4) is 0 Å². The fraction of sp³-hybridized carbons (Fsp3) is 0.125. The Kier molecular flexibility index (Phi) is 6.70. The zero-order valence-electron chi connectivity index (χ0n) is 16.6. The van der Waals surface area contributed by atoms with Crippen molar-refractivity contribution in [3.8, 4) is 0 Å². The van der Waals surface area contributed by atoms with Crippen LogP contribution in [0.4, 0.5) is 0 Å². The summed E-state index contributed by atoms with van der Waals surface area (Å²) in [5.74, 6) is 0.0400. The van der Waals surface area contributed by atoms with E-state index in [9.17, 15) is 9.59 Å². The van der Waals surface area contributed by atoms with Gasteiger partial charge >= 0.3 is 0 Å². The quantitative estimate of drug-likeness (QED) is 0.333. The molecule has 4 rings (SSSR count). The molecule has 4 aromatic rings. The average molecular weight is 450 g/mol. The van der Waals surface area contributed by atoms with Crippen LogP contribution in [-0.4, -0.2) is 21.2 Å². The molecular formula is C24H20ClN3O2S. The summed E-state index contributed by atoms with van der Waals surface area (Å²) in [6, 6.07) is 24.3. The number of amides is 1. The summed E-state index contributed by atoms with van der Waals surface area (Å²) < 4.78 is 1.60. The largest absolute Gasteiger partial charge is 0.351 e. The second-order valence-corrected chi connectivity index (χ2v) is 8.36. The van der Waals surface area contributed by atoms with E-state index in [1.165, 1.54) is 11.8 Å². The van der Waals surface area contributed by atoms with Gasteiger partial charge in [-0.25, -0.2) is 4.98 Å². The highest BCUT2D eigenvalue weighted by Gasteiger charge is 2.14. The van der Waals surface area contributed by atoms with Crippen LogP contribution < -0.4 is 10.9 Å². The molecule has 7 heteroatoms. The van der Waals surface area contributed by atoms with Gasteiger partial charge in [-0.2, -0.15) is 0 Å². The number of thioether (sulfide) groups is 1. The Balaban J connectivity index is 1.56. The van der Waals surface area contributed by atoms with Gasteiger partial charge < -0.3 is 5.32 Å². The maximum absolute atomic E-state index is 13.2. The lowest BCUT2D eigenvalue weighted by Gasteiger charge is -2.13. The smallest absolute Gasteiger partial charge is 0.262 e. The Bertz CT molecular complexity index is 1270. The summed E-state index contributed by atoms with van der Waals surface area (Å²) >= 11 is 7.36. The molecule has 0 spiro atoms. The predicted molar refractivity (Wildman–Crippen MR) is 126 cm³/mol. The molecular weight excluding hydrogens is 430 g/mol. The first-order valence-electron chi connectivity index (χ1n) is 9.77. The number of para-hydroxylation sites is 1. The zero-order chi connectivity index (χ0) is 21.6. The Morgan fingerprint density at radius 3 is 2.52 bits per heavy atom. The van der Waals surface area contributed by atoms with Crippen molar-refractivity contribution >= 4 is 40.2 Å². The third-order valence-corrected chi connectivity index (χ3v) is 5.93. The van der Waals surface area contributed by atoms with Gasteiger partial charge in [0.2, 0.25) is 5.91 Å². The van der Waals surface area contributed by atoms with E-state index < -0.39 is 0 Å². The van der Waals surface area contributed by atoms with Gasteiger partial charge in [0.25, 0.3) is 5.56 Å². The number of carbonyl (C=O) groups excluding carboxylic acids is 1. The van der Waals surface area contributed by atoms with E-state index in [0.29, 0.717) is 34.2 Å². The van der Waals surface area contributed by atoms with Crippen LogP contribution in [0.25, 0.3) is 10.9 Å². The molecule has 1 heterocycles. The van der Waals surface area contributed by atoms with Crippen molar-refractivity contribution < 1.29 is 4.79 Å². The van der Waals surface area contributed by atoms with E-state index in [1.807, 2.05) is 60.7 Å². The molecule has 0 aliphatic heterocycles. The monoisotopic (exact) mass is 449 g/mol. The van der Waals surface area contributed by atoms with Gasteiger partial charge in [0.1, 0.15) is 0 Å². The number of carbonyl (C=O) groups is 1. The van der Waals surface area contributed by atoms with E-state index in [0.717, 1.165) is 11.1 Å². The van der Waals surface area contributed by atoms with Crippen LogP contribution in [0, 0.1) is 0 Å². The van der Waals surface area contributed by atoms with Crippen molar-refractivity contribution in [3.05, 3.63) is 105 Å². The van der Waals surface area contributed by atoms with Gasteiger partial charge in [-0.15, -0.1) is 0 Å². The van der Waals surface area contributed by atoms with Crippen LogP contribution in [0.2, 0.25) is 5.02 Å².